The van der Waals surface area contributed by atoms with Crippen LogP contribution in [0.2, 0.25) is 0 Å². The molecule has 4 rings (SSSR count). The van der Waals surface area contributed by atoms with Crippen LogP contribution in [-0.4, -0.2) is 58.1 Å². The number of carbonyl (C=O) groups excluding carboxylic acids is 3. The summed E-state index contributed by atoms with van der Waals surface area (Å²) in [5, 5.41) is 9.12. The molecule has 1 atom stereocenters. The highest BCUT2D eigenvalue weighted by Crippen LogP contribution is 2.26. The van der Waals surface area contributed by atoms with Gasteiger partial charge in [-0.25, -0.2) is 4.39 Å². The van der Waals surface area contributed by atoms with Gasteiger partial charge in [0, 0.05) is 42.8 Å². The standard InChI is InChI=1S/C23H19FN4O3/c1-14-13-27(22(30)15-5-3-2-4-6-15)9-10-28(14)23(31)21(29)17-12-26-20-16(11-25)7-8-18(24)19(17)20/h2-8,12,14,26H,9-10,13H2,1H3/t14-/m1/s1. The lowest BCUT2D eigenvalue weighted by Crippen LogP contribution is -2.56. The first kappa shape index (κ1) is 20.3. The molecular formula is C23H19FN4O3. The van der Waals surface area contributed by atoms with Crippen molar-refractivity contribution in [1.29, 1.82) is 5.26 Å². The van der Waals surface area contributed by atoms with Crippen molar-refractivity contribution in [2.24, 2.45) is 0 Å². The Bertz CT molecular complexity index is 1230. The zero-order chi connectivity index (χ0) is 22.1. The van der Waals surface area contributed by atoms with Gasteiger partial charge in [-0.3, -0.25) is 14.4 Å². The summed E-state index contributed by atoms with van der Waals surface area (Å²) in [4.78, 5) is 44.3. The Morgan fingerprint density at radius 1 is 1.13 bits per heavy atom. The zero-order valence-electron chi connectivity index (χ0n) is 16.8. The highest BCUT2D eigenvalue weighted by atomic mass is 19.1. The molecule has 0 unspecified atom stereocenters. The number of Topliss-reactive ketones (excluding diaryl/α,β-unsaturated/α-hetero) is 1. The summed E-state index contributed by atoms with van der Waals surface area (Å²) in [5.41, 5.74) is 0.826. The summed E-state index contributed by atoms with van der Waals surface area (Å²) < 4.78 is 14.4. The van der Waals surface area contributed by atoms with Gasteiger partial charge in [0.05, 0.1) is 16.6 Å². The summed E-state index contributed by atoms with van der Waals surface area (Å²) >= 11 is 0. The van der Waals surface area contributed by atoms with E-state index in [1.54, 1.807) is 36.1 Å². The lowest BCUT2D eigenvalue weighted by Gasteiger charge is -2.39. The van der Waals surface area contributed by atoms with Crippen molar-refractivity contribution in [3.63, 3.8) is 0 Å². The first-order chi connectivity index (χ1) is 14.9. The monoisotopic (exact) mass is 418 g/mol. The number of nitrogens with one attached hydrogen (secondary N) is 1. The van der Waals surface area contributed by atoms with E-state index in [1.165, 1.54) is 17.2 Å². The molecule has 1 aliphatic heterocycles. The number of rotatable bonds is 3. The molecule has 2 aromatic carbocycles. The molecule has 0 spiro atoms. The topological polar surface area (TPSA) is 97.3 Å². The maximum absolute atomic E-state index is 14.4. The number of fused-ring (bicyclic) bond motifs is 1. The molecule has 1 aliphatic rings. The fraction of sp³-hybridized carbons (Fsp3) is 0.217. The number of carbonyl (C=O) groups is 3. The minimum atomic E-state index is -0.852. The van der Waals surface area contributed by atoms with E-state index in [4.69, 9.17) is 0 Å². The van der Waals surface area contributed by atoms with Crippen molar-refractivity contribution < 1.29 is 18.8 Å². The van der Waals surface area contributed by atoms with Crippen LogP contribution >= 0.6 is 0 Å². The third-order valence-electron chi connectivity index (χ3n) is 5.54. The summed E-state index contributed by atoms with van der Waals surface area (Å²) in [6.45, 7) is 2.53. The van der Waals surface area contributed by atoms with Gasteiger partial charge in [-0.1, -0.05) is 18.2 Å². The molecule has 0 bridgehead atoms. The third kappa shape index (κ3) is 3.55. The highest BCUT2D eigenvalue weighted by Gasteiger charge is 2.34. The second-order valence-corrected chi connectivity index (χ2v) is 7.45. The molecule has 3 aromatic rings. The molecular weight excluding hydrogens is 399 g/mol. The average molecular weight is 418 g/mol. The normalized spacial score (nSPS) is 16.2. The summed E-state index contributed by atoms with van der Waals surface area (Å²) in [6, 6.07) is 12.8. The number of amides is 2. The van der Waals surface area contributed by atoms with Gasteiger partial charge in [0.2, 0.25) is 0 Å². The van der Waals surface area contributed by atoms with Crippen molar-refractivity contribution in [2.75, 3.05) is 19.6 Å². The number of aromatic nitrogens is 1. The van der Waals surface area contributed by atoms with Gasteiger partial charge in [-0.2, -0.15) is 5.26 Å². The number of benzene rings is 2. The van der Waals surface area contributed by atoms with Crippen molar-refractivity contribution in [3.8, 4) is 6.07 Å². The molecule has 0 aliphatic carbocycles. The number of ketones is 1. The van der Waals surface area contributed by atoms with Crippen LogP contribution in [0.3, 0.4) is 0 Å². The van der Waals surface area contributed by atoms with Gasteiger partial charge in [0.1, 0.15) is 11.9 Å². The Balaban J connectivity index is 1.53. The summed E-state index contributed by atoms with van der Waals surface area (Å²) in [6.07, 6.45) is 1.26. The zero-order valence-corrected chi connectivity index (χ0v) is 16.8. The van der Waals surface area contributed by atoms with Crippen LogP contribution in [0.25, 0.3) is 10.9 Å². The Labute approximate surface area is 177 Å². The van der Waals surface area contributed by atoms with Crippen molar-refractivity contribution >= 4 is 28.5 Å². The highest BCUT2D eigenvalue weighted by molar-refractivity contribution is 6.45. The quantitative estimate of drug-likeness (QED) is 0.522. The summed E-state index contributed by atoms with van der Waals surface area (Å²) in [5.74, 6) is -2.43. The molecule has 31 heavy (non-hydrogen) atoms. The third-order valence-corrected chi connectivity index (χ3v) is 5.54. The maximum Gasteiger partial charge on any atom is 0.295 e. The molecule has 1 aromatic heterocycles. The van der Waals surface area contributed by atoms with Crippen molar-refractivity contribution in [3.05, 3.63) is 71.2 Å². The van der Waals surface area contributed by atoms with Gasteiger partial charge in [0.15, 0.2) is 0 Å². The van der Waals surface area contributed by atoms with E-state index in [9.17, 15) is 24.0 Å². The minimum absolute atomic E-state index is 0.0667. The van der Waals surface area contributed by atoms with E-state index in [0.717, 1.165) is 6.07 Å². The molecule has 1 saturated heterocycles. The van der Waals surface area contributed by atoms with E-state index in [-0.39, 0.29) is 53.6 Å². The molecule has 0 saturated carbocycles. The molecule has 0 radical (unpaired) electrons. The lowest BCUT2D eigenvalue weighted by atomic mass is 10.0. The fourth-order valence-corrected chi connectivity index (χ4v) is 3.93. The van der Waals surface area contributed by atoms with E-state index in [1.807, 2.05) is 12.1 Å². The SMILES string of the molecule is C[C@@H]1CN(C(=O)c2ccccc2)CCN1C(=O)C(=O)c1c[nH]c2c(C#N)ccc(F)c12. The van der Waals surface area contributed by atoms with Crippen LogP contribution in [0, 0.1) is 17.1 Å². The fourth-order valence-electron chi connectivity index (χ4n) is 3.93. The van der Waals surface area contributed by atoms with Gasteiger partial charge in [-0.05, 0) is 31.2 Å². The van der Waals surface area contributed by atoms with Crippen LogP contribution in [0.5, 0.6) is 0 Å². The van der Waals surface area contributed by atoms with Gasteiger partial charge in [0.25, 0.3) is 17.6 Å². The predicted molar refractivity (Wildman–Crippen MR) is 111 cm³/mol. The average Bonchev–Trinajstić information content (AvgIpc) is 3.24. The summed E-state index contributed by atoms with van der Waals surface area (Å²) in [7, 11) is 0. The number of nitrogens with zero attached hydrogens (tertiary/aromatic N) is 3. The number of nitriles is 1. The largest absolute Gasteiger partial charge is 0.359 e. The Hall–Kier alpha value is -3.99. The molecule has 2 heterocycles. The van der Waals surface area contributed by atoms with Crippen LogP contribution in [0.4, 0.5) is 4.39 Å². The van der Waals surface area contributed by atoms with E-state index < -0.39 is 17.5 Å². The molecule has 8 heteroatoms. The Morgan fingerprint density at radius 2 is 1.87 bits per heavy atom. The number of aromatic amines is 1. The van der Waals surface area contributed by atoms with Gasteiger partial charge >= 0.3 is 0 Å². The number of piperazine rings is 1. The number of hydrogen-bond donors (Lipinski definition) is 1. The maximum atomic E-state index is 14.4. The van der Waals surface area contributed by atoms with Gasteiger partial charge in [-0.15, -0.1) is 0 Å². The molecule has 1 fully saturated rings. The number of H-pyrrole nitrogens is 1. The second kappa shape index (κ2) is 8.03. The Kier molecular flexibility index (Phi) is 5.26. The Morgan fingerprint density at radius 3 is 2.55 bits per heavy atom. The first-order valence-electron chi connectivity index (χ1n) is 9.81. The molecule has 156 valence electrons. The second-order valence-electron chi connectivity index (χ2n) is 7.45. The van der Waals surface area contributed by atoms with Crippen LogP contribution in [0.15, 0.2) is 48.7 Å². The molecule has 2 amide bonds. The lowest BCUT2D eigenvalue weighted by molar-refractivity contribution is -0.130. The van der Waals surface area contributed by atoms with Crippen LogP contribution in [-0.2, 0) is 4.79 Å². The van der Waals surface area contributed by atoms with E-state index >= 15 is 0 Å². The number of hydrogen-bond acceptors (Lipinski definition) is 4. The first-order valence-corrected chi connectivity index (χ1v) is 9.81. The predicted octanol–water partition coefficient (Wildman–Crippen LogP) is 2.73. The molecule has 7 nitrogen and oxygen atoms in total. The van der Waals surface area contributed by atoms with Crippen molar-refractivity contribution in [1.82, 2.24) is 14.8 Å². The van der Waals surface area contributed by atoms with E-state index in [2.05, 4.69) is 4.98 Å². The minimum Gasteiger partial charge on any atom is -0.359 e. The molecule has 1 N–H and O–H groups in total. The van der Waals surface area contributed by atoms with Gasteiger partial charge < -0.3 is 14.8 Å². The number of halogens is 1. The van der Waals surface area contributed by atoms with Crippen LogP contribution < -0.4 is 0 Å². The smallest absolute Gasteiger partial charge is 0.295 e. The van der Waals surface area contributed by atoms with Crippen molar-refractivity contribution in [2.45, 2.75) is 13.0 Å². The van der Waals surface area contributed by atoms with Crippen LogP contribution in [0.1, 0.15) is 33.2 Å². The van der Waals surface area contributed by atoms with E-state index in [0.29, 0.717) is 5.56 Å².